The predicted molar refractivity (Wildman–Crippen MR) is 239 cm³/mol. The van der Waals surface area contributed by atoms with Gasteiger partial charge in [-0.1, -0.05) is 78.7 Å². The second kappa shape index (κ2) is 20.1. The lowest BCUT2D eigenvalue weighted by Crippen LogP contribution is -2.70. The summed E-state index contributed by atoms with van der Waals surface area (Å²) in [6.45, 7) is 6.58. The fourth-order valence-corrected chi connectivity index (χ4v) is 10.0. The number of rotatable bonds is 19. The van der Waals surface area contributed by atoms with Gasteiger partial charge in [0.25, 0.3) is 0 Å². The van der Waals surface area contributed by atoms with E-state index in [4.69, 9.17) is 38.4 Å². The molecule has 4 aromatic carbocycles. The Morgan fingerprint density at radius 2 is 1.62 bits per heavy atom. The molecule has 6 atom stereocenters. The minimum absolute atomic E-state index is 0.0474. The molecule has 2 N–H and O–H groups in total. The zero-order chi connectivity index (χ0) is 43.8. The molecule has 2 aliphatic carbocycles. The van der Waals surface area contributed by atoms with Crippen LogP contribution in [-0.2, 0) is 20.9 Å². The Labute approximate surface area is 369 Å². The standard InChI is InChI=1S/C51H58N2O10/c1-4-27-61-51-47(53(50(56)58-5-2)32-34-17-23-45-46(28-34)60-33-59-45)31-43(52-57-3)41-29-37(15-9-11-25-54)40(16-10-12-26-55)48(49(41)51)42-30-39(22-24-44(42)63-51)62-38-20-18-36(19-21-38)35-13-7-6-8-14-35/h4,6-8,13-14,17-24,28-30,37,40,47-49,54-55H,1,5,9-12,15-16,25-27,31-33H2,2-3H3. The predicted octanol–water partition coefficient (Wildman–Crippen LogP) is 9.80. The molecule has 2 heterocycles. The molecule has 12 heteroatoms. The summed E-state index contributed by atoms with van der Waals surface area (Å²) in [6, 6.07) is 29.1. The number of oxime groups is 1. The van der Waals surface area contributed by atoms with E-state index in [1.54, 1.807) is 17.9 Å². The number of benzene rings is 4. The summed E-state index contributed by atoms with van der Waals surface area (Å²) in [6.07, 6.45) is 8.32. The maximum atomic E-state index is 14.5. The van der Waals surface area contributed by atoms with Crippen LogP contribution < -0.4 is 18.9 Å². The highest BCUT2D eigenvalue weighted by atomic mass is 16.7. The first kappa shape index (κ1) is 43.8. The molecule has 12 nitrogen and oxygen atoms in total. The Hall–Kier alpha value is -5.82. The van der Waals surface area contributed by atoms with E-state index in [9.17, 15) is 15.0 Å². The van der Waals surface area contributed by atoms with Gasteiger partial charge in [0.1, 0.15) is 30.4 Å². The highest BCUT2D eigenvalue weighted by molar-refractivity contribution is 6.03. The quantitative estimate of drug-likeness (QED) is 0.0533. The Balaban J connectivity index is 1.28. The zero-order valence-corrected chi connectivity index (χ0v) is 36.2. The first-order chi connectivity index (χ1) is 30.9. The molecule has 0 aromatic heterocycles. The number of allylic oxidation sites excluding steroid dienone is 1. The maximum absolute atomic E-state index is 14.5. The van der Waals surface area contributed by atoms with Crippen molar-refractivity contribution in [1.82, 2.24) is 4.90 Å². The van der Waals surface area contributed by atoms with Gasteiger partial charge in [-0.25, -0.2) is 4.79 Å². The van der Waals surface area contributed by atoms with Crippen LogP contribution in [0.5, 0.6) is 28.7 Å². The fraction of sp³-hybridized carbons (Fsp3) is 0.412. The van der Waals surface area contributed by atoms with Gasteiger partial charge in [-0.3, -0.25) is 4.90 Å². The molecular weight excluding hydrogens is 801 g/mol. The van der Waals surface area contributed by atoms with Crippen LogP contribution in [0.3, 0.4) is 0 Å². The molecule has 1 saturated carbocycles. The fourth-order valence-electron chi connectivity index (χ4n) is 10.0. The molecule has 0 saturated heterocycles. The van der Waals surface area contributed by atoms with Crippen LogP contribution in [0.15, 0.2) is 120 Å². The van der Waals surface area contributed by atoms with Crippen molar-refractivity contribution < 1.29 is 48.3 Å². The van der Waals surface area contributed by atoms with Crippen LogP contribution in [0, 0.1) is 17.8 Å². The third-order valence-electron chi connectivity index (χ3n) is 12.7. The van der Waals surface area contributed by atoms with Crippen molar-refractivity contribution in [2.45, 2.75) is 76.2 Å². The van der Waals surface area contributed by atoms with Crippen LogP contribution in [-0.4, -0.2) is 79.1 Å². The van der Waals surface area contributed by atoms with Gasteiger partial charge >= 0.3 is 6.09 Å². The van der Waals surface area contributed by atoms with Crippen LogP contribution in [0.2, 0.25) is 0 Å². The second-order valence-electron chi connectivity index (χ2n) is 16.5. The topological polar surface area (TPSA) is 138 Å². The van der Waals surface area contributed by atoms with Gasteiger partial charge in [0.05, 0.1) is 24.8 Å². The van der Waals surface area contributed by atoms with Gasteiger partial charge in [-0.15, -0.1) is 6.58 Å². The number of unbranched alkanes of at least 4 members (excludes halogenated alkanes) is 2. The zero-order valence-electron chi connectivity index (χ0n) is 36.2. The van der Waals surface area contributed by atoms with Crippen LogP contribution in [0.25, 0.3) is 11.1 Å². The molecule has 8 rings (SSSR count). The minimum Gasteiger partial charge on any atom is -0.459 e. The molecule has 1 fully saturated rings. The highest BCUT2D eigenvalue weighted by Gasteiger charge is 2.65. The Bertz CT molecular complexity index is 2260. The number of nitrogens with zero attached hydrogens (tertiary/aromatic N) is 2. The van der Waals surface area contributed by atoms with Crippen molar-refractivity contribution in [3.8, 4) is 39.9 Å². The van der Waals surface area contributed by atoms with E-state index in [1.165, 1.54) is 7.11 Å². The SMILES string of the molecule is C=CCOC12Oc3ccc(Oc4ccc(-c5ccccc5)cc4)cc3C3C(CCCCO)C(CCCCO)C=C(C(=NOC)CC1N(Cc1ccc4c(c1)OCO4)C(=O)OCC)C32. The van der Waals surface area contributed by atoms with Gasteiger partial charge in [-0.2, -0.15) is 0 Å². The summed E-state index contributed by atoms with van der Waals surface area (Å²) in [5.74, 6) is 1.18. The molecule has 4 aliphatic rings. The highest BCUT2D eigenvalue weighted by Crippen LogP contribution is 2.62. The van der Waals surface area contributed by atoms with E-state index in [0.29, 0.717) is 47.3 Å². The lowest BCUT2D eigenvalue weighted by atomic mass is 9.55. The number of aliphatic hydroxyl groups is 2. The van der Waals surface area contributed by atoms with Crippen molar-refractivity contribution >= 4 is 11.8 Å². The number of hydrogen-bond donors (Lipinski definition) is 2. The normalized spacial score (nSPS) is 23.5. The van der Waals surface area contributed by atoms with E-state index < -0.39 is 23.8 Å². The summed E-state index contributed by atoms with van der Waals surface area (Å²) < 4.78 is 38.2. The molecule has 2 aliphatic heterocycles. The Kier molecular flexibility index (Phi) is 14.0. The average Bonchev–Trinajstić information content (AvgIpc) is 3.78. The third kappa shape index (κ3) is 9.16. The molecular formula is C51H58N2O10. The number of carbonyl (C=O) groups is 1. The molecule has 4 aromatic rings. The molecule has 0 bridgehead atoms. The molecule has 0 spiro atoms. The van der Waals surface area contributed by atoms with Gasteiger partial charge in [-0.05, 0) is 109 Å². The summed E-state index contributed by atoms with van der Waals surface area (Å²) in [5.41, 5.74) is 5.60. The molecule has 6 unspecified atom stereocenters. The third-order valence-corrected chi connectivity index (χ3v) is 12.7. The van der Waals surface area contributed by atoms with E-state index in [1.807, 2.05) is 60.7 Å². The number of ether oxygens (including phenoxy) is 6. The van der Waals surface area contributed by atoms with Crippen molar-refractivity contribution in [2.24, 2.45) is 22.9 Å². The summed E-state index contributed by atoms with van der Waals surface area (Å²) in [7, 11) is 1.54. The lowest BCUT2D eigenvalue weighted by molar-refractivity contribution is -0.256. The lowest BCUT2D eigenvalue weighted by Gasteiger charge is -2.59. The number of amides is 1. The van der Waals surface area contributed by atoms with Gasteiger partial charge in [0.2, 0.25) is 12.6 Å². The number of aliphatic hydroxyl groups excluding tert-OH is 2. The molecule has 0 radical (unpaired) electrons. The van der Waals surface area contributed by atoms with Gasteiger partial charge in [0.15, 0.2) is 11.5 Å². The average molecular weight is 859 g/mol. The van der Waals surface area contributed by atoms with E-state index in [-0.39, 0.29) is 63.9 Å². The van der Waals surface area contributed by atoms with Crippen LogP contribution >= 0.6 is 0 Å². The second-order valence-corrected chi connectivity index (χ2v) is 16.5. The Morgan fingerprint density at radius 1 is 0.889 bits per heavy atom. The molecule has 63 heavy (non-hydrogen) atoms. The monoisotopic (exact) mass is 858 g/mol. The van der Waals surface area contributed by atoms with Crippen molar-refractivity contribution in [1.29, 1.82) is 0 Å². The van der Waals surface area contributed by atoms with Crippen molar-refractivity contribution in [3.63, 3.8) is 0 Å². The molecule has 332 valence electrons. The summed E-state index contributed by atoms with van der Waals surface area (Å²) in [5, 5.41) is 24.6. The number of carbonyl (C=O) groups excluding carboxylic acids is 1. The molecule has 1 amide bonds. The van der Waals surface area contributed by atoms with Gasteiger partial charge < -0.3 is 43.5 Å². The van der Waals surface area contributed by atoms with Crippen LogP contribution in [0.4, 0.5) is 4.79 Å². The Morgan fingerprint density at radius 3 is 2.37 bits per heavy atom. The smallest absolute Gasteiger partial charge is 0.410 e. The van der Waals surface area contributed by atoms with E-state index in [0.717, 1.165) is 53.5 Å². The van der Waals surface area contributed by atoms with Crippen molar-refractivity contribution in [3.05, 3.63) is 126 Å². The van der Waals surface area contributed by atoms with Crippen molar-refractivity contribution in [2.75, 3.05) is 40.3 Å². The van der Waals surface area contributed by atoms with Gasteiger partial charge in [0, 0.05) is 37.7 Å². The number of fused-ring (bicyclic) bond motifs is 3. The van der Waals surface area contributed by atoms with E-state index >= 15 is 0 Å². The largest absolute Gasteiger partial charge is 0.459 e. The first-order valence-electron chi connectivity index (χ1n) is 22.2. The van der Waals surface area contributed by atoms with E-state index in [2.05, 4.69) is 43.0 Å². The first-order valence-corrected chi connectivity index (χ1v) is 22.2. The number of hydrogen-bond acceptors (Lipinski definition) is 11. The summed E-state index contributed by atoms with van der Waals surface area (Å²) in [4.78, 5) is 21.8. The van der Waals surface area contributed by atoms with Crippen LogP contribution in [0.1, 0.15) is 68.9 Å². The maximum Gasteiger partial charge on any atom is 0.410 e. The summed E-state index contributed by atoms with van der Waals surface area (Å²) >= 11 is 0. The minimum atomic E-state index is -1.45.